The molecule has 0 radical (unpaired) electrons. The minimum absolute atomic E-state index is 0.195. The zero-order valence-electron chi connectivity index (χ0n) is 9.25. The van der Waals surface area contributed by atoms with Gasteiger partial charge in [0, 0.05) is 6.20 Å². The number of carbonyl (C=O) groups is 1. The molecule has 1 aromatic heterocycles. The summed E-state index contributed by atoms with van der Waals surface area (Å²) < 4.78 is 39.7. The molecule has 98 valence electrons. The van der Waals surface area contributed by atoms with E-state index in [4.69, 9.17) is 11.6 Å². The van der Waals surface area contributed by atoms with Gasteiger partial charge in [0.2, 0.25) is 5.95 Å². The third kappa shape index (κ3) is 2.68. The van der Waals surface area contributed by atoms with Crippen LogP contribution in [0.3, 0.4) is 0 Å². The number of benzene rings is 1. The zero-order chi connectivity index (χ0) is 14.0. The van der Waals surface area contributed by atoms with Gasteiger partial charge in [-0.2, -0.15) is 4.39 Å². The minimum Gasteiger partial charge on any atom is -0.319 e. The van der Waals surface area contributed by atoms with E-state index in [9.17, 15) is 18.0 Å². The normalized spacial score (nSPS) is 10.3. The van der Waals surface area contributed by atoms with Crippen LogP contribution in [0.5, 0.6) is 0 Å². The SMILES string of the molecule is O=C(Nc1cccc(Cl)c1F)c1ccnc(F)c1F. The van der Waals surface area contributed by atoms with Gasteiger partial charge in [-0.1, -0.05) is 17.7 Å². The van der Waals surface area contributed by atoms with E-state index in [1.54, 1.807) is 0 Å². The molecule has 1 aromatic carbocycles. The molecule has 0 spiro atoms. The van der Waals surface area contributed by atoms with Crippen molar-refractivity contribution >= 4 is 23.2 Å². The maximum Gasteiger partial charge on any atom is 0.258 e. The molecule has 3 nitrogen and oxygen atoms in total. The van der Waals surface area contributed by atoms with E-state index >= 15 is 0 Å². The summed E-state index contributed by atoms with van der Waals surface area (Å²) in [5, 5.41) is 1.91. The third-order valence-corrected chi connectivity index (χ3v) is 2.58. The number of nitrogens with zero attached hydrogens (tertiary/aromatic N) is 1. The number of nitrogens with one attached hydrogen (secondary N) is 1. The highest BCUT2D eigenvalue weighted by atomic mass is 35.5. The van der Waals surface area contributed by atoms with Gasteiger partial charge < -0.3 is 5.32 Å². The van der Waals surface area contributed by atoms with Crippen LogP contribution in [-0.4, -0.2) is 10.9 Å². The fourth-order valence-electron chi connectivity index (χ4n) is 1.38. The van der Waals surface area contributed by atoms with Crippen LogP contribution in [0.2, 0.25) is 5.02 Å². The van der Waals surface area contributed by atoms with Gasteiger partial charge in [-0.3, -0.25) is 4.79 Å². The first kappa shape index (κ1) is 13.4. The molecular formula is C12H6ClF3N2O. The first-order chi connectivity index (χ1) is 9.00. The Morgan fingerprint density at radius 3 is 2.63 bits per heavy atom. The largest absolute Gasteiger partial charge is 0.319 e. The summed E-state index contributed by atoms with van der Waals surface area (Å²) in [5.74, 6) is -4.66. The van der Waals surface area contributed by atoms with E-state index in [0.717, 1.165) is 12.3 Å². The van der Waals surface area contributed by atoms with Gasteiger partial charge in [0.1, 0.15) is 0 Å². The Kier molecular flexibility index (Phi) is 3.71. The fourth-order valence-corrected chi connectivity index (χ4v) is 1.56. The topological polar surface area (TPSA) is 42.0 Å². The molecule has 7 heteroatoms. The van der Waals surface area contributed by atoms with Crippen LogP contribution >= 0.6 is 11.6 Å². The number of pyridine rings is 1. The zero-order valence-corrected chi connectivity index (χ0v) is 10.0. The Bertz CT molecular complexity index is 649. The van der Waals surface area contributed by atoms with Crippen LogP contribution in [0.15, 0.2) is 30.5 Å². The molecule has 0 aliphatic rings. The van der Waals surface area contributed by atoms with Crippen molar-refractivity contribution in [3.05, 3.63) is 58.6 Å². The van der Waals surface area contributed by atoms with Crippen LogP contribution in [0, 0.1) is 17.6 Å². The van der Waals surface area contributed by atoms with Crippen LogP contribution in [0.4, 0.5) is 18.9 Å². The molecule has 19 heavy (non-hydrogen) atoms. The summed E-state index contributed by atoms with van der Waals surface area (Å²) in [6, 6.07) is 4.93. The number of hydrogen-bond donors (Lipinski definition) is 1. The second-order valence-electron chi connectivity index (χ2n) is 3.52. The van der Waals surface area contributed by atoms with Gasteiger partial charge in [-0.05, 0) is 18.2 Å². The Morgan fingerprint density at radius 1 is 1.16 bits per heavy atom. The van der Waals surface area contributed by atoms with Crippen molar-refractivity contribution in [2.45, 2.75) is 0 Å². The smallest absolute Gasteiger partial charge is 0.258 e. The lowest BCUT2D eigenvalue weighted by Crippen LogP contribution is -2.16. The van der Waals surface area contributed by atoms with Gasteiger partial charge in [0.15, 0.2) is 11.6 Å². The maximum absolute atomic E-state index is 13.5. The van der Waals surface area contributed by atoms with Crippen molar-refractivity contribution in [3.8, 4) is 0 Å². The van der Waals surface area contributed by atoms with E-state index < -0.39 is 29.1 Å². The molecule has 1 heterocycles. The van der Waals surface area contributed by atoms with Gasteiger partial charge in [0.25, 0.3) is 5.91 Å². The molecule has 0 unspecified atom stereocenters. The Hall–Kier alpha value is -2.08. The van der Waals surface area contributed by atoms with Gasteiger partial charge in [0.05, 0.1) is 16.3 Å². The quantitative estimate of drug-likeness (QED) is 0.860. The average Bonchev–Trinajstić information content (AvgIpc) is 2.38. The van der Waals surface area contributed by atoms with Gasteiger partial charge in [-0.15, -0.1) is 0 Å². The van der Waals surface area contributed by atoms with Crippen LogP contribution < -0.4 is 5.32 Å². The van der Waals surface area contributed by atoms with Crippen molar-refractivity contribution in [3.63, 3.8) is 0 Å². The second-order valence-corrected chi connectivity index (χ2v) is 3.93. The second kappa shape index (κ2) is 5.27. The highest BCUT2D eigenvalue weighted by Gasteiger charge is 2.17. The summed E-state index contributed by atoms with van der Waals surface area (Å²) >= 11 is 5.53. The van der Waals surface area contributed by atoms with Crippen molar-refractivity contribution in [1.29, 1.82) is 0 Å². The highest BCUT2D eigenvalue weighted by molar-refractivity contribution is 6.31. The van der Waals surface area contributed by atoms with E-state index in [1.807, 2.05) is 0 Å². The summed E-state index contributed by atoms with van der Waals surface area (Å²) in [5.41, 5.74) is -0.805. The molecule has 0 saturated heterocycles. The average molecular weight is 287 g/mol. The number of anilines is 1. The Balaban J connectivity index is 2.31. The number of amides is 1. The van der Waals surface area contributed by atoms with Crippen LogP contribution in [0.25, 0.3) is 0 Å². The number of halogens is 4. The van der Waals surface area contributed by atoms with Crippen molar-refractivity contribution < 1.29 is 18.0 Å². The lowest BCUT2D eigenvalue weighted by Gasteiger charge is -2.07. The predicted octanol–water partition coefficient (Wildman–Crippen LogP) is 3.40. The van der Waals surface area contributed by atoms with Crippen molar-refractivity contribution in [1.82, 2.24) is 4.98 Å². The first-order valence-electron chi connectivity index (χ1n) is 5.06. The molecule has 0 aliphatic carbocycles. The summed E-state index contributed by atoms with van der Waals surface area (Å²) in [4.78, 5) is 14.7. The summed E-state index contributed by atoms with van der Waals surface area (Å²) in [7, 11) is 0. The molecular weight excluding hydrogens is 281 g/mol. The fraction of sp³-hybridized carbons (Fsp3) is 0. The molecule has 0 bridgehead atoms. The van der Waals surface area contributed by atoms with Crippen molar-refractivity contribution in [2.24, 2.45) is 0 Å². The molecule has 2 aromatic rings. The molecule has 0 atom stereocenters. The number of hydrogen-bond acceptors (Lipinski definition) is 2. The summed E-state index contributed by atoms with van der Waals surface area (Å²) in [6.45, 7) is 0. The molecule has 0 aliphatic heterocycles. The lowest BCUT2D eigenvalue weighted by atomic mass is 10.2. The van der Waals surface area contributed by atoms with E-state index in [1.165, 1.54) is 18.2 Å². The predicted molar refractivity (Wildman–Crippen MR) is 63.5 cm³/mol. The standard InChI is InChI=1S/C12H6ClF3N2O/c13-7-2-1-3-8(10(7)15)18-12(19)6-4-5-17-11(16)9(6)14/h1-5H,(H,18,19). The minimum atomic E-state index is -1.40. The maximum atomic E-state index is 13.5. The van der Waals surface area contributed by atoms with Crippen LogP contribution in [0.1, 0.15) is 10.4 Å². The molecule has 1 N–H and O–H groups in total. The third-order valence-electron chi connectivity index (χ3n) is 2.29. The molecule has 2 rings (SSSR count). The van der Waals surface area contributed by atoms with E-state index in [-0.39, 0.29) is 10.7 Å². The van der Waals surface area contributed by atoms with Gasteiger partial charge in [-0.25, -0.2) is 13.8 Å². The summed E-state index contributed by atoms with van der Waals surface area (Å²) in [6.07, 6.45) is 0.932. The van der Waals surface area contributed by atoms with E-state index in [2.05, 4.69) is 10.3 Å². The first-order valence-corrected chi connectivity index (χ1v) is 5.44. The van der Waals surface area contributed by atoms with Gasteiger partial charge >= 0.3 is 0 Å². The molecule has 0 saturated carbocycles. The highest BCUT2D eigenvalue weighted by Crippen LogP contribution is 2.22. The monoisotopic (exact) mass is 286 g/mol. The van der Waals surface area contributed by atoms with Crippen molar-refractivity contribution in [2.75, 3.05) is 5.32 Å². The lowest BCUT2D eigenvalue weighted by molar-refractivity contribution is 0.102. The molecule has 0 fully saturated rings. The Labute approximate surface area is 111 Å². The number of aromatic nitrogens is 1. The molecule has 1 amide bonds. The van der Waals surface area contributed by atoms with E-state index in [0.29, 0.717) is 0 Å². The number of carbonyl (C=O) groups excluding carboxylic acids is 1. The number of rotatable bonds is 2. The Morgan fingerprint density at radius 2 is 1.89 bits per heavy atom. The van der Waals surface area contributed by atoms with Crippen LogP contribution in [-0.2, 0) is 0 Å².